The van der Waals surface area contributed by atoms with Crippen LogP contribution in [0.2, 0.25) is 10.0 Å². The van der Waals surface area contributed by atoms with Crippen LogP contribution in [0.3, 0.4) is 0 Å². The molecule has 3 rings (SSSR count). The van der Waals surface area contributed by atoms with Crippen LogP contribution in [0.5, 0.6) is 5.75 Å². The fourth-order valence-corrected chi connectivity index (χ4v) is 4.39. The van der Waals surface area contributed by atoms with Crippen molar-refractivity contribution in [1.29, 1.82) is 0 Å². The molecular weight excluding hydrogens is 449 g/mol. The van der Waals surface area contributed by atoms with Gasteiger partial charge in [-0.15, -0.1) is 4.40 Å². The van der Waals surface area contributed by atoms with Gasteiger partial charge in [-0.25, -0.2) is 0 Å². The summed E-state index contributed by atoms with van der Waals surface area (Å²) in [6.07, 6.45) is 1.55. The van der Waals surface area contributed by atoms with Gasteiger partial charge in [0, 0.05) is 25.7 Å². The first-order chi connectivity index (χ1) is 14.3. The predicted molar refractivity (Wildman–Crippen MR) is 118 cm³/mol. The van der Waals surface area contributed by atoms with Gasteiger partial charge >= 0.3 is 0 Å². The second-order valence-electron chi connectivity index (χ2n) is 6.73. The average molecular weight is 470 g/mol. The molecule has 0 saturated carbocycles. The van der Waals surface area contributed by atoms with Crippen LogP contribution >= 0.6 is 23.2 Å². The summed E-state index contributed by atoms with van der Waals surface area (Å²) in [6.45, 7) is 0.872. The molecule has 1 saturated heterocycles. The molecule has 1 N–H and O–H groups in total. The van der Waals surface area contributed by atoms with E-state index >= 15 is 0 Å². The van der Waals surface area contributed by atoms with Gasteiger partial charge in [-0.05, 0) is 36.8 Å². The Bertz CT molecular complexity index is 1070. The summed E-state index contributed by atoms with van der Waals surface area (Å²) in [5.74, 6) is 0.604. The van der Waals surface area contributed by atoms with Crippen LogP contribution in [-0.2, 0) is 14.8 Å². The first-order valence-electron chi connectivity index (χ1n) is 9.28. The van der Waals surface area contributed by atoms with Crippen molar-refractivity contribution < 1.29 is 17.9 Å². The number of amidine groups is 1. The summed E-state index contributed by atoms with van der Waals surface area (Å²) in [4.78, 5) is 14.1. The summed E-state index contributed by atoms with van der Waals surface area (Å²) in [5, 5.41) is 3.32. The van der Waals surface area contributed by atoms with Crippen LogP contribution in [0.25, 0.3) is 0 Å². The Labute approximate surface area is 185 Å². The van der Waals surface area contributed by atoms with Gasteiger partial charge in [-0.3, -0.25) is 4.79 Å². The number of anilines is 1. The van der Waals surface area contributed by atoms with E-state index < -0.39 is 10.0 Å². The van der Waals surface area contributed by atoms with E-state index in [-0.39, 0.29) is 28.9 Å². The Morgan fingerprint density at radius 2 is 2.00 bits per heavy atom. The molecule has 2 aromatic carbocycles. The number of hydrogen-bond acceptors (Lipinski definition) is 4. The number of hydrogen-bond donors (Lipinski definition) is 1. The zero-order valence-corrected chi connectivity index (χ0v) is 18.6. The molecule has 0 spiro atoms. The van der Waals surface area contributed by atoms with Crippen LogP contribution < -0.4 is 10.1 Å². The van der Waals surface area contributed by atoms with Crippen LogP contribution in [0.15, 0.2) is 51.8 Å². The third-order valence-electron chi connectivity index (χ3n) is 4.48. The zero-order chi connectivity index (χ0) is 21.7. The molecular formula is C20H21Cl2N3O4S. The average Bonchev–Trinajstić information content (AvgIpc) is 3.09. The molecule has 1 heterocycles. The predicted octanol–water partition coefficient (Wildman–Crippen LogP) is 4.21. The van der Waals surface area contributed by atoms with Crippen molar-refractivity contribution in [2.24, 2.45) is 4.40 Å². The third kappa shape index (κ3) is 5.65. The van der Waals surface area contributed by atoms with Gasteiger partial charge in [-0.2, -0.15) is 8.42 Å². The van der Waals surface area contributed by atoms with Gasteiger partial charge in [0.25, 0.3) is 10.0 Å². The molecule has 0 unspecified atom stereocenters. The Hall–Kier alpha value is -2.29. The number of nitrogens with zero attached hydrogens (tertiary/aromatic N) is 2. The molecule has 0 atom stereocenters. The molecule has 0 radical (unpaired) electrons. The van der Waals surface area contributed by atoms with E-state index in [9.17, 15) is 13.2 Å². The second kappa shape index (κ2) is 9.68. The topological polar surface area (TPSA) is 88.1 Å². The van der Waals surface area contributed by atoms with Crippen molar-refractivity contribution in [1.82, 2.24) is 4.90 Å². The van der Waals surface area contributed by atoms with E-state index in [2.05, 4.69) is 9.71 Å². The zero-order valence-electron chi connectivity index (χ0n) is 16.3. The van der Waals surface area contributed by atoms with Crippen LogP contribution in [0, 0.1) is 0 Å². The summed E-state index contributed by atoms with van der Waals surface area (Å²) in [6, 6.07) is 11.0. The van der Waals surface area contributed by atoms with E-state index in [4.69, 9.17) is 27.9 Å². The Morgan fingerprint density at radius 1 is 1.23 bits per heavy atom. The maximum atomic E-state index is 12.6. The molecule has 10 heteroatoms. The van der Waals surface area contributed by atoms with Crippen LogP contribution in [-0.4, -0.2) is 45.3 Å². The number of carbonyl (C=O) groups excluding carboxylic acids is 1. The van der Waals surface area contributed by atoms with Crippen molar-refractivity contribution in [3.05, 3.63) is 52.5 Å². The molecule has 0 bridgehead atoms. The van der Waals surface area contributed by atoms with E-state index in [1.807, 2.05) is 11.9 Å². The summed E-state index contributed by atoms with van der Waals surface area (Å²) < 4.78 is 34.6. The maximum absolute atomic E-state index is 12.6. The monoisotopic (exact) mass is 469 g/mol. The summed E-state index contributed by atoms with van der Waals surface area (Å²) >= 11 is 12.0. The normalized spacial score (nSPS) is 15.4. The van der Waals surface area contributed by atoms with E-state index in [0.717, 1.165) is 13.0 Å². The lowest BCUT2D eigenvalue weighted by atomic mass is 10.3. The number of benzene rings is 2. The van der Waals surface area contributed by atoms with Crippen molar-refractivity contribution in [2.45, 2.75) is 24.2 Å². The summed E-state index contributed by atoms with van der Waals surface area (Å²) in [7, 11) is -2.04. The molecule has 0 aromatic heterocycles. The van der Waals surface area contributed by atoms with Crippen molar-refractivity contribution in [3.8, 4) is 5.75 Å². The number of carbonyl (C=O) groups is 1. The number of halogens is 2. The van der Waals surface area contributed by atoms with Gasteiger partial charge in [0.1, 0.15) is 16.6 Å². The largest absolute Gasteiger partial charge is 0.491 e. The molecule has 1 aliphatic rings. The molecule has 160 valence electrons. The van der Waals surface area contributed by atoms with Crippen LogP contribution in [0.4, 0.5) is 5.69 Å². The van der Waals surface area contributed by atoms with E-state index in [1.165, 1.54) is 12.1 Å². The quantitative estimate of drug-likeness (QED) is 0.655. The third-order valence-corrected chi connectivity index (χ3v) is 6.58. The minimum absolute atomic E-state index is 0.0232. The number of amides is 1. The van der Waals surface area contributed by atoms with E-state index in [1.54, 1.807) is 30.3 Å². The lowest BCUT2D eigenvalue weighted by molar-refractivity contribution is -0.116. The lowest BCUT2D eigenvalue weighted by Gasteiger charge is -2.11. The number of sulfonamides is 1. The van der Waals surface area contributed by atoms with Crippen molar-refractivity contribution in [2.75, 3.05) is 25.5 Å². The highest BCUT2D eigenvalue weighted by atomic mass is 35.5. The Kier molecular flexibility index (Phi) is 7.23. The minimum Gasteiger partial charge on any atom is -0.491 e. The highest BCUT2D eigenvalue weighted by molar-refractivity contribution is 7.90. The maximum Gasteiger partial charge on any atom is 0.284 e. The Balaban J connectivity index is 1.60. The van der Waals surface area contributed by atoms with Crippen molar-refractivity contribution in [3.63, 3.8) is 0 Å². The van der Waals surface area contributed by atoms with Crippen molar-refractivity contribution >= 4 is 50.7 Å². The highest BCUT2D eigenvalue weighted by Gasteiger charge is 2.20. The standard InChI is InChI=1S/C20H21Cl2N3O4S/c1-25-11-4-9-18(25)24-30(27,28)15-6-2-5-14(13-15)23-19(26)10-12-29-17-8-3-7-16(21)20(17)22/h2-3,5-8,13H,4,9-12H2,1H3,(H,23,26). The smallest absolute Gasteiger partial charge is 0.284 e. The first kappa shape index (κ1) is 22.4. The summed E-state index contributed by atoms with van der Waals surface area (Å²) in [5.41, 5.74) is 0.363. The van der Waals surface area contributed by atoms with Gasteiger partial charge in [0.15, 0.2) is 0 Å². The van der Waals surface area contributed by atoms with Gasteiger partial charge < -0.3 is 15.0 Å². The second-order valence-corrected chi connectivity index (χ2v) is 9.12. The SMILES string of the molecule is CN1CCCC1=NS(=O)(=O)c1cccc(NC(=O)CCOc2cccc(Cl)c2Cl)c1. The van der Waals surface area contributed by atoms with Gasteiger partial charge in [0.2, 0.25) is 5.91 Å². The minimum atomic E-state index is -3.85. The molecule has 1 amide bonds. The number of nitrogens with one attached hydrogen (secondary N) is 1. The number of likely N-dealkylation sites (tertiary alicyclic amines) is 1. The number of ether oxygens (including phenoxy) is 1. The number of rotatable bonds is 7. The van der Waals surface area contributed by atoms with Gasteiger partial charge in [0.05, 0.1) is 22.9 Å². The fourth-order valence-electron chi connectivity index (χ4n) is 2.91. The molecule has 2 aromatic rings. The van der Waals surface area contributed by atoms with Gasteiger partial charge in [-0.1, -0.05) is 35.3 Å². The first-order valence-corrected chi connectivity index (χ1v) is 11.5. The molecule has 1 fully saturated rings. The van der Waals surface area contributed by atoms with E-state index in [0.29, 0.717) is 28.7 Å². The molecule has 0 aliphatic carbocycles. The lowest BCUT2D eigenvalue weighted by Crippen LogP contribution is -2.20. The fraction of sp³-hybridized carbons (Fsp3) is 0.300. The molecule has 7 nitrogen and oxygen atoms in total. The van der Waals surface area contributed by atoms with Crippen LogP contribution in [0.1, 0.15) is 19.3 Å². The molecule has 1 aliphatic heterocycles. The highest BCUT2D eigenvalue weighted by Crippen LogP contribution is 2.31. The molecule has 30 heavy (non-hydrogen) atoms. The Morgan fingerprint density at radius 3 is 2.73 bits per heavy atom.